The Morgan fingerprint density at radius 2 is 2.04 bits per heavy atom. The third kappa shape index (κ3) is 3.75. The van der Waals surface area contributed by atoms with Gasteiger partial charge in [-0.15, -0.1) is 0 Å². The average molecular weight is 363 g/mol. The first-order valence-electron chi connectivity index (χ1n) is 8.97. The number of fused-ring (bicyclic) bond motifs is 1. The number of furan rings is 1. The predicted molar refractivity (Wildman–Crippen MR) is 98.9 cm³/mol. The Bertz CT molecular complexity index is 937. The Balaban J connectivity index is 1.43. The van der Waals surface area contributed by atoms with E-state index in [-0.39, 0.29) is 5.91 Å². The highest BCUT2D eigenvalue weighted by Crippen LogP contribution is 2.24. The van der Waals surface area contributed by atoms with Crippen LogP contribution >= 0.6 is 0 Å². The summed E-state index contributed by atoms with van der Waals surface area (Å²) in [4.78, 5) is 22.9. The molecule has 3 aromatic rings. The van der Waals surface area contributed by atoms with Gasteiger partial charge in [0.25, 0.3) is 5.91 Å². The number of carbonyl (C=O) groups excluding carboxylic acids is 1. The number of hydrogen-bond donors (Lipinski definition) is 0. The highest BCUT2D eigenvalue weighted by Gasteiger charge is 2.25. The second-order valence-corrected chi connectivity index (χ2v) is 6.65. The minimum Gasteiger partial charge on any atom is -0.469 e. The monoisotopic (exact) mass is 363 g/mol. The fourth-order valence-electron chi connectivity index (χ4n) is 3.40. The quantitative estimate of drug-likeness (QED) is 0.696. The van der Waals surface area contributed by atoms with Crippen LogP contribution in [0, 0.1) is 6.92 Å². The molecule has 0 aromatic carbocycles. The Morgan fingerprint density at radius 3 is 2.81 bits per heavy atom. The first-order valence-corrected chi connectivity index (χ1v) is 8.97. The number of pyridine rings is 2. The lowest BCUT2D eigenvalue weighted by Crippen LogP contribution is -2.36. The minimum absolute atomic E-state index is 0.00578. The van der Waals surface area contributed by atoms with Crippen molar-refractivity contribution >= 4 is 5.91 Å². The van der Waals surface area contributed by atoms with Gasteiger partial charge >= 0.3 is 0 Å². The van der Waals surface area contributed by atoms with Crippen molar-refractivity contribution in [3.63, 3.8) is 0 Å². The Kier molecular flexibility index (Phi) is 4.98. The van der Waals surface area contributed by atoms with Crippen LogP contribution in [0.1, 0.15) is 38.4 Å². The molecule has 0 aliphatic carbocycles. The number of aromatic nitrogens is 2. The molecular weight excluding hydrogens is 342 g/mol. The number of carbonyl (C=O) groups is 1. The lowest BCUT2D eigenvalue weighted by Gasteiger charge is -2.29. The fraction of sp³-hybridized carbons (Fsp3) is 0.286. The van der Waals surface area contributed by atoms with E-state index in [0.29, 0.717) is 37.6 Å². The highest BCUT2D eigenvalue weighted by molar-refractivity contribution is 5.95. The maximum absolute atomic E-state index is 12.7. The first-order chi connectivity index (χ1) is 13.2. The Morgan fingerprint density at radius 1 is 1.19 bits per heavy atom. The van der Waals surface area contributed by atoms with Crippen molar-refractivity contribution in [2.24, 2.45) is 0 Å². The molecule has 0 unspecified atom stereocenters. The van der Waals surface area contributed by atoms with Crippen molar-refractivity contribution in [1.82, 2.24) is 14.9 Å². The second kappa shape index (κ2) is 7.72. The van der Waals surface area contributed by atoms with Gasteiger partial charge in [-0.3, -0.25) is 14.8 Å². The van der Waals surface area contributed by atoms with Crippen molar-refractivity contribution in [2.45, 2.75) is 33.1 Å². The fourth-order valence-corrected chi connectivity index (χ4v) is 3.40. The molecule has 0 spiro atoms. The van der Waals surface area contributed by atoms with E-state index in [2.05, 4.69) is 9.97 Å². The number of ether oxygens (including phenoxy) is 1. The number of rotatable bonds is 5. The zero-order valence-corrected chi connectivity index (χ0v) is 15.2. The summed E-state index contributed by atoms with van der Waals surface area (Å²) in [5.41, 5.74) is 5.14. The van der Waals surface area contributed by atoms with E-state index in [1.165, 1.54) is 5.56 Å². The maximum Gasteiger partial charge on any atom is 0.257 e. The van der Waals surface area contributed by atoms with Gasteiger partial charge < -0.3 is 14.1 Å². The lowest BCUT2D eigenvalue weighted by molar-refractivity contribution is 0.0730. The van der Waals surface area contributed by atoms with Crippen LogP contribution in [0.4, 0.5) is 0 Å². The molecule has 0 saturated carbocycles. The molecule has 0 fully saturated rings. The number of nitrogens with zero attached hydrogens (tertiary/aromatic N) is 3. The minimum atomic E-state index is 0.00578. The Hall–Kier alpha value is -2.99. The Labute approximate surface area is 157 Å². The van der Waals surface area contributed by atoms with E-state index in [0.717, 1.165) is 23.1 Å². The normalized spacial score (nSPS) is 13.4. The lowest BCUT2D eigenvalue weighted by atomic mass is 9.97. The largest absolute Gasteiger partial charge is 0.469 e. The predicted octanol–water partition coefficient (Wildman–Crippen LogP) is 3.29. The van der Waals surface area contributed by atoms with Crippen LogP contribution < -0.4 is 0 Å². The van der Waals surface area contributed by atoms with E-state index >= 15 is 0 Å². The zero-order valence-electron chi connectivity index (χ0n) is 15.2. The zero-order chi connectivity index (χ0) is 18.6. The smallest absolute Gasteiger partial charge is 0.257 e. The average Bonchev–Trinajstić information content (AvgIpc) is 3.14. The van der Waals surface area contributed by atoms with Gasteiger partial charge in [-0.1, -0.05) is 0 Å². The van der Waals surface area contributed by atoms with Gasteiger partial charge in [0.15, 0.2) is 0 Å². The highest BCUT2D eigenvalue weighted by atomic mass is 16.5. The number of hydrogen-bond acceptors (Lipinski definition) is 5. The van der Waals surface area contributed by atoms with Crippen molar-refractivity contribution in [1.29, 1.82) is 0 Å². The summed E-state index contributed by atoms with van der Waals surface area (Å²) >= 11 is 0. The molecule has 4 rings (SSSR count). The molecule has 1 aliphatic heterocycles. The van der Waals surface area contributed by atoms with Gasteiger partial charge in [-0.05, 0) is 53.8 Å². The molecule has 0 atom stereocenters. The van der Waals surface area contributed by atoms with Crippen LogP contribution in [-0.2, 0) is 30.9 Å². The standard InChI is InChI=1S/C21H21N3O3/c1-15-19(5-9-27-15)21(25)24-8-4-20-17(12-24)10-23-11-18(20)14-26-13-16-2-6-22-7-3-16/h2-3,5-7,9-11H,4,8,12-14H2,1H3. The molecular formula is C21H21N3O3. The van der Waals surface area contributed by atoms with Crippen molar-refractivity contribution in [3.05, 3.63) is 82.8 Å². The third-order valence-electron chi connectivity index (χ3n) is 4.88. The topological polar surface area (TPSA) is 68.5 Å². The van der Waals surface area contributed by atoms with E-state index in [1.54, 1.807) is 24.7 Å². The van der Waals surface area contributed by atoms with Crippen LogP contribution in [0.3, 0.4) is 0 Å². The third-order valence-corrected chi connectivity index (χ3v) is 4.88. The summed E-state index contributed by atoms with van der Waals surface area (Å²) in [7, 11) is 0. The molecule has 0 radical (unpaired) electrons. The molecule has 27 heavy (non-hydrogen) atoms. The van der Waals surface area contributed by atoms with Crippen molar-refractivity contribution in [3.8, 4) is 0 Å². The van der Waals surface area contributed by atoms with Crippen molar-refractivity contribution in [2.75, 3.05) is 6.54 Å². The van der Waals surface area contributed by atoms with E-state index in [1.807, 2.05) is 36.4 Å². The summed E-state index contributed by atoms with van der Waals surface area (Å²) in [6.45, 7) is 4.09. The molecule has 3 aromatic heterocycles. The molecule has 138 valence electrons. The van der Waals surface area contributed by atoms with Gasteiger partial charge in [0.1, 0.15) is 5.76 Å². The van der Waals surface area contributed by atoms with Crippen molar-refractivity contribution < 1.29 is 13.9 Å². The SMILES string of the molecule is Cc1occc1C(=O)N1CCc2c(COCc3ccncc3)cncc2C1. The molecule has 0 saturated heterocycles. The van der Waals surface area contributed by atoms with Gasteiger partial charge in [-0.2, -0.15) is 0 Å². The maximum atomic E-state index is 12.7. The van der Waals surface area contributed by atoms with Crippen LogP contribution in [0.25, 0.3) is 0 Å². The van der Waals surface area contributed by atoms with Crippen LogP contribution in [0.2, 0.25) is 0 Å². The van der Waals surface area contributed by atoms with Gasteiger partial charge in [0, 0.05) is 37.9 Å². The summed E-state index contributed by atoms with van der Waals surface area (Å²) < 4.78 is 11.1. The number of amides is 1. The van der Waals surface area contributed by atoms with Gasteiger partial charge in [-0.25, -0.2) is 0 Å². The van der Waals surface area contributed by atoms with Crippen LogP contribution in [0.5, 0.6) is 0 Å². The van der Waals surface area contributed by atoms with E-state index in [9.17, 15) is 4.79 Å². The van der Waals surface area contributed by atoms with Gasteiger partial charge in [0.05, 0.1) is 25.0 Å². The summed E-state index contributed by atoms with van der Waals surface area (Å²) in [5.74, 6) is 0.661. The molecule has 0 bridgehead atoms. The molecule has 1 aliphatic rings. The van der Waals surface area contributed by atoms with Crippen LogP contribution in [0.15, 0.2) is 53.7 Å². The van der Waals surface area contributed by atoms with Crippen LogP contribution in [-0.4, -0.2) is 27.3 Å². The number of aryl methyl sites for hydroxylation is 1. The van der Waals surface area contributed by atoms with E-state index in [4.69, 9.17) is 9.15 Å². The second-order valence-electron chi connectivity index (χ2n) is 6.65. The summed E-state index contributed by atoms with van der Waals surface area (Å²) in [6.07, 6.45) is 9.59. The van der Waals surface area contributed by atoms with E-state index < -0.39 is 0 Å². The van der Waals surface area contributed by atoms with Gasteiger partial charge in [0.2, 0.25) is 0 Å². The first kappa shape index (κ1) is 17.4. The summed E-state index contributed by atoms with van der Waals surface area (Å²) in [5, 5.41) is 0. The molecule has 4 heterocycles. The summed E-state index contributed by atoms with van der Waals surface area (Å²) in [6, 6.07) is 5.62. The molecule has 6 nitrogen and oxygen atoms in total. The molecule has 0 N–H and O–H groups in total. The molecule has 1 amide bonds. The molecule has 6 heteroatoms.